The zero-order chi connectivity index (χ0) is 13.1. The van der Waals surface area contributed by atoms with Crippen molar-refractivity contribution in [2.24, 2.45) is 5.73 Å². The molecule has 18 heavy (non-hydrogen) atoms. The van der Waals surface area contributed by atoms with Crippen LogP contribution in [0.2, 0.25) is 0 Å². The first-order valence-electron chi connectivity index (χ1n) is 6.22. The molecule has 1 atom stereocenters. The third-order valence-corrected chi connectivity index (χ3v) is 5.25. The van der Waals surface area contributed by atoms with Crippen LogP contribution in [0.25, 0.3) is 0 Å². The van der Waals surface area contributed by atoms with Gasteiger partial charge in [-0.15, -0.1) is 11.3 Å². The molecule has 1 aromatic heterocycles. The first-order chi connectivity index (χ1) is 8.61. The third kappa shape index (κ3) is 3.02. The molecule has 0 saturated heterocycles. The van der Waals surface area contributed by atoms with Crippen molar-refractivity contribution in [1.82, 2.24) is 0 Å². The van der Waals surface area contributed by atoms with Gasteiger partial charge in [-0.05, 0) is 52.0 Å². The summed E-state index contributed by atoms with van der Waals surface area (Å²) in [6.07, 6.45) is 2.29. The highest BCUT2D eigenvalue weighted by Gasteiger charge is 2.13. The Bertz CT molecular complexity index is 514. The van der Waals surface area contributed by atoms with Crippen molar-refractivity contribution in [2.45, 2.75) is 32.7 Å². The fourth-order valence-electron chi connectivity index (χ4n) is 2.03. The van der Waals surface area contributed by atoms with Crippen LogP contribution in [0.15, 0.2) is 34.1 Å². The number of halogens is 1. The Labute approximate surface area is 121 Å². The van der Waals surface area contributed by atoms with Crippen LogP contribution in [-0.4, -0.2) is 0 Å². The van der Waals surface area contributed by atoms with Crippen LogP contribution in [0.5, 0.6) is 0 Å². The zero-order valence-electron chi connectivity index (χ0n) is 10.7. The number of aryl methyl sites for hydroxylation is 2. The van der Waals surface area contributed by atoms with Gasteiger partial charge < -0.3 is 5.73 Å². The van der Waals surface area contributed by atoms with E-state index in [-0.39, 0.29) is 6.04 Å². The van der Waals surface area contributed by atoms with E-state index in [4.69, 9.17) is 5.73 Å². The number of hydrogen-bond acceptors (Lipinski definition) is 2. The van der Waals surface area contributed by atoms with E-state index >= 15 is 0 Å². The molecule has 2 aromatic rings. The monoisotopic (exact) mass is 323 g/mol. The minimum atomic E-state index is -0.0168. The van der Waals surface area contributed by atoms with Crippen LogP contribution in [0.4, 0.5) is 0 Å². The molecule has 1 aromatic carbocycles. The molecule has 1 nitrogen and oxygen atoms in total. The van der Waals surface area contributed by atoms with E-state index < -0.39 is 0 Å². The van der Waals surface area contributed by atoms with Crippen LogP contribution < -0.4 is 5.73 Å². The first-order valence-corrected chi connectivity index (χ1v) is 7.83. The summed E-state index contributed by atoms with van der Waals surface area (Å²) in [4.78, 5) is 1.22. The molecular weight excluding hydrogens is 306 g/mol. The quantitative estimate of drug-likeness (QED) is 0.857. The van der Waals surface area contributed by atoms with Gasteiger partial charge in [0.1, 0.15) is 0 Å². The highest BCUT2D eigenvalue weighted by molar-refractivity contribution is 9.11. The predicted octanol–water partition coefficient (Wildman–Crippen LogP) is 4.82. The third-order valence-electron chi connectivity index (χ3n) is 3.03. The maximum atomic E-state index is 6.35. The van der Waals surface area contributed by atoms with E-state index in [9.17, 15) is 0 Å². The Kier molecular flexibility index (Phi) is 4.60. The van der Waals surface area contributed by atoms with E-state index in [2.05, 4.69) is 60.1 Å². The zero-order valence-corrected chi connectivity index (χ0v) is 13.1. The summed E-state index contributed by atoms with van der Waals surface area (Å²) in [6.45, 7) is 4.30. The van der Waals surface area contributed by atoms with Crippen molar-refractivity contribution in [3.8, 4) is 0 Å². The van der Waals surface area contributed by atoms with Gasteiger partial charge in [-0.2, -0.15) is 0 Å². The average Bonchev–Trinajstić information content (AvgIpc) is 2.69. The molecule has 0 amide bonds. The van der Waals surface area contributed by atoms with Crippen LogP contribution in [0.3, 0.4) is 0 Å². The van der Waals surface area contributed by atoms with E-state index in [1.807, 2.05) is 0 Å². The van der Waals surface area contributed by atoms with Crippen molar-refractivity contribution in [1.29, 1.82) is 0 Å². The molecule has 0 aliphatic carbocycles. The van der Waals surface area contributed by atoms with Gasteiger partial charge in [0.15, 0.2) is 0 Å². The fourth-order valence-corrected chi connectivity index (χ4v) is 3.63. The summed E-state index contributed by atoms with van der Waals surface area (Å²) < 4.78 is 1.18. The largest absolute Gasteiger partial charge is 0.320 e. The number of benzene rings is 1. The summed E-state index contributed by atoms with van der Waals surface area (Å²) in [5.41, 5.74) is 10.2. The van der Waals surface area contributed by atoms with Crippen molar-refractivity contribution in [3.05, 3.63) is 55.7 Å². The maximum absolute atomic E-state index is 6.35. The van der Waals surface area contributed by atoms with Gasteiger partial charge in [0.05, 0.1) is 9.83 Å². The summed E-state index contributed by atoms with van der Waals surface area (Å²) in [5.74, 6) is 0. The van der Waals surface area contributed by atoms with Gasteiger partial charge >= 0.3 is 0 Å². The second-order valence-electron chi connectivity index (χ2n) is 4.58. The minimum Gasteiger partial charge on any atom is -0.320 e. The highest BCUT2D eigenvalue weighted by Crippen LogP contribution is 2.33. The average molecular weight is 324 g/mol. The van der Waals surface area contributed by atoms with Crippen LogP contribution in [0.1, 0.15) is 41.0 Å². The number of thiophene rings is 1. The maximum Gasteiger partial charge on any atom is 0.0731 e. The van der Waals surface area contributed by atoms with Crippen molar-refractivity contribution in [2.75, 3.05) is 0 Å². The molecule has 0 spiro atoms. The molecule has 3 heteroatoms. The summed E-state index contributed by atoms with van der Waals surface area (Å²) in [7, 11) is 0. The van der Waals surface area contributed by atoms with Crippen LogP contribution in [0, 0.1) is 6.92 Å². The topological polar surface area (TPSA) is 26.0 Å². The van der Waals surface area contributed by atoms with Crippen molar-refractivity contribution >= 4 is 27.3 Å². The van der Waals surface area contributed by atoms with E-state index in [1.54, 1.807) is 11.3 Å². The summed E-state index contributed by atoms with van der Waals surface area (Å²) in [6, 6.07) is 10.8. The van der Waals surface area contributed by atoms with E-state index in [1.165, 1.54) is 31.8 Å². The number of rotatable bonds is 4. The minimum absolute atomic E-state index is 0.0168. The lowest BCUT2D eigenvalue weighted by atomic mass is 10.0. The lowest BCUT2D eigenvalue weighted by Gasteiger charge is -2.11. The van der Waals surface area contributed by atoms with Crippen LogP contribution >= 0.6 is 27.3 Å². The Morgan fingerprint density at radius 3 is 2.72 bits per heavy atom. The van der Waals surface area contributed by atoms with Gasteiger partial charge in [0.25, 0.3) is 0 Å². The standard InChI is InChI=1S/C15H18BrNS/c1-3-5-11-6-4-7-12(9-11)14(17)13-8-10(2)15(16)18-13/h4,6-9,14H,3,5,17H2,1-2H3. The lowest BCUT2D eigenvalue weighted by molar-refractivity contribution is 0.874. The van der Waals surface area contributed by atoms with Gasteiger partial charge in [0, 0.05) is 4.88 Å². The normalized spacial score (nSPS) is 12.7. The predicted molar refractivity (Wildman–Crippen MR) is 83.2 cm³/mol. The van der Waals surface area contributed by atoms with Crippen molar-refractivity contribution in [3.63, 3.8) is 0 Å². The van der Waals surface area contributed by atoms with Gasteiger partial charge in [-0.25, -0.2) is 0 Å². The Balaban J connectivity index is 2.27. The molecule has 0 radical (unpaired) electrons. The van der Waals surface area contributed by atoms with Crippen molar-refractivity contribution < 1.29 is 0 Å². The molecule has 1 heterocycles. The second-order valence-corrected chi connectivity index (χ2v) is 6.98. The SMILES string of the molecule is CCCc1cccc(C(N)c2cc(C)c(Br)s2)c1. The van der Waals surface area contributed by atoms with E-state index in [0.717, 1.165) is 6.42 Å². The molecule has 1 unspecified atom stereocenters. The smallest absolute Gasteiger partial charge is 0.0731 e. The molecule has 0 aliphatic rings. The van der Waals surface area contributed by atoms with Gasteiger partial charge in [-0.3, -0.25) is 0 Å². The fraction of sp³-hybridized carbons (Fsp3) is 0.333. The van der Waals surface area contributed by atoms with Gasteiger partial charge in [-0.1, -0.05) is 37.6 Å². The second kappa shape index (κ2) is 6.00. The molecule has 2 N–H and O–H groups in total. The van der Waals surface area contributed by atoms with Crippen LogP contribution in [-0.2, 0) is 6.42 Å². The molecule has 96 valence electrons. The summed E-state index contributed by atoms with van der Waals surface area (Å²) in [5, 5.41) is 0. The Hall–Kier alpha value is -0.640. The summed E-state index contributed by atoms with van der Waals surface area (Å²) >= 11 is 5.29. The Morgan fingerprint density at radius 1 is 1.33 bits per heavy atom. The van der Waals surface area contributed by atoms with E-state index in [0.29, 0.717) is 0 Å². The highest BCUT2D eigenvalue weighted by atomic mass is 79.9. The van der Waals surface area contributed by atoms with Gasteiger partial charge in [0.2, 0.25) is 0 Å². The molecule has 0 aliphatic heterocycles. The number of nitrogens with two attached hydrogens (primary N) is 1. The molecule has 0 bridgehead atoms. The lowest BCUT2D eigenvalue weighted by Crippen LogP contribution is -2.10. The first kappa shape index (κ1) is 13.8. The molecular formula is C15H18BrNS. The number of hydrogen-bond donors (Lipinski definition) is 1. The molecule has 0 saturated carbocycles. The molecule has 2 rings (SSSR count). The Morgan fingerprint density at radius 2 is 2.11 bits per heavy atom. The molecule has 0 fully saturated rings.